The number of esters is 1. The average molecular weight is 1090 g/mol. The third-order valence-corrected chi connectivity index (χ3v) is 15.9. The van der Waals surface area contributed by atoms with Crippen molar-refractivity contribution in [2.75, 3.05) is 39.5 Å². The topological polar surface area (TPSA) is 290 Å². The fraction of sp³-hybridized carbons (Fsp3) is 0.439. The van der Waals surface area contributed by atoms with Crippen LogP contribution in [0.2, 0.25) is 0 Å². The quantitative estimate of drug-likeness (QED) is 0.0214. The van der Waals surface area contributed by atoms with E-state index >= 15 is 4.39 Å². The number of nitrogens with one attached hydrogen (secondary N) is 6. The van der Waals surface area contributed by atoms with Gasteiger partial charge < -0.3 is 51.0 Å². The van der Waals surface area contributed by atoms with E-state index in [-0.39, 0.29) is 87.0 Å². The molecule has 5 aliphatic rings. The maximum absolute atomic E-state index is 15.6. The second-order valence-electron chi connectivity index (χ2n) is 20.8. The van der Waals surface area contributed by atoms with Gasteiger partial charge in [-0.05, 0) is 109 Å². The molecule has 4 heterocycles. The molecular weight excluding hydrogens is 1020 g/mol. The summed E-state index contributed by atoms with van der Waals surface area (Å²) in [5.74, 6) is -5.23. The van der Waals surface area contributed by atoms with Crippen LogP contribution < -0.4 is 37.5 Å². The molecule has 4 aromatic rings. The van der Waals surface area contributed by atoms with E-state index in [1.807, 2.05) is 6.07 Å². The maximum atomic E-state index is 15.6. The highest BCUT2D eigenvalue weighted by Gasteiger charge is 2.48. The lowest BCUT2D eigenvalue weighted by Gasteiger charge is -2.41. The number of unbranched alkanes of at least 4 members (excludes halogenated alkanes) is 2. The van der Waals surface area contributed by atoms with E-state index in [1.165, 1.54) is 18.2 Å². The van der Waals surface area contributed by atoms with E-state index in [9.17, 15) is 53.1 Å². The van der Waals surface area contributed by atoms with Gasteiger partial charge in [0.15, 0.2) is 5.60 Å². The summed E-state index contributed by atoms with van der Waals surface area (Å²) >= 11 is 0. The van der Waals surface area contributed by atoms with Crippen LogP contribution in [0.15, 0.2) is 65.5 Å². The molecule has 416 valence electrons. The Morgan fingerprint density at radius 1 is 0.848 bits per heavy atom. The predicted octanol–water partition coefficient (Wildman–Crippen LogP) is 2.06. The number of imide groups is 1. The number of amides is 8. The fourth-order valence-corrected chi connectivity index (χ4v) is 11.2. The summed E-state index contributed by atoms with van der Waals surface area (Å²) in [6, 6.07) is 12.1. The van der Waals surface area contributed by atoms with Crippen LogP contribution in [0.1, 0.15) is 110 Å². The van der Waals surface area contributed by atoms with Crippen molar-refractivity contribution in [1.29, 1.82) is 0 Å². The standard InChI is InChI=1S/C57H63FN8O13/c1-3-57(77)39-24-43-36-22-34-23-40(58)32(2)35-14-15-41(51(50(34)35)37(36)28-66(43)53(74)38(39)29-79-55(57)76)64-54(75)56(18-10-19-56)30-78-31-62-46(69)26-61-52(73)42(21-33-11-6-4-7-12-33)63-47(70)27-60-45(68)25-59-44(67)13-8-5-9-20-65-48(71)16-17-49(65)72/h4,6-7,11-12,16-17,22-24,41-42,77H,3,5,8-10,13-15,18-21,25-31H2,1-2H3,(H,59,67)(H,60,68)(H,61,73)(H,62,69)(H,63,70)(H,64,75)/t41-,42-,57-/m0/s1. The molecule has 8 amide bonds. The highest BCUT2D eigenvalue weighted by atomic mass is 19.1. The first kappa shape index (κ1) is 55.6. The number of benzene rings is 3. The van der Waals surface area contributed by atoms with E-state index in [4.69, 9.17) is 9.47 Å². The molecular formula is C57H63FN8O13. The monoisotopic (exact) mass is 1090 g/mol. The van der Waals surface area contributed by atoms with Gasteiger partial charge in [-0.15, -0.1) is 0 Å². The third-order valence-electron chi connectivity index (χ3n) is 15.9. The van der Waals surface area contributed by atoms with Crippen molar-refractivity contribution in [2.45, 2.75) is 115 Å². The van der Waals surface area contributed by atoms with Crippen LogP contribution in [0.3, 0.4) is 0 Å². The number of aryl methyl sites for hydroxylation is 1. The van der Waals surface area contributed by atoms with Gasteiger partial charge in [0.25, 0.3) is 17.4 Å². The average Bonchev–Trinajstić information content (AvgIpc) is 3.78. The van der Waals surface area contributed by atoms with Crippen LogP contribution in [0.25, 0.3) is 22.0 Å². The van der Waals surface area contributed by atoms with Crippen LogP contribution in [-0.4, -0.2) is 113 Å². The zero-order chi connectivity index (χ0) is 56.2. The molecule has 7 N–H and O–H groups in total. The summed E-state index contributed by atoms with van der Waals surface area (Å²) < 4.78 is 28.3. The molecule has 3 aromatic carbocycles. The molecule has 3 aliphatic heterocycles. The normalized spacial score (nSPS) is 18.6. The minimum absolute atomic E-state index is 0.0190. The SMILES string of the molecule is CC[C@@]1(O)C(=O)OCc2c1cc1n(c2=O)Cc2c-1cc1cc(F)c(C)c3c1c2[C@@H](NC(=O)C1(COCNC(=O)CNC(=O)[C@H](Cc2ccccc2)NC(=O)CNC(=O)CNC(=O)CCCCCN2C(=O)C=CC2=O)CCC1)CC3. The predicted molar refractivity (Wildman–Crippen MR) is 281 cm³/mol. The van der Waals surface area contributed by atoms with Gasteiger partial charge in [-0.2, -0.15) is 0 Å². The van der Waals surface area contributed by atoms with Gasteiger partial charge in [-0.1, -0.05) is 50.1 Å². The zero-order valence-electron chi connectivity index (χ0n) is 44.0. The lowest BCUT2D eigenvalue weighted by atomic mass is 9.68. The molecule has 21 nitrogen and oxygen atoms in total. The second kappa shape index (κ2) is 23.5. The Morgan fingerprint density at radius 2 is 1.56 bits per heavy atom. The van der Waals surface area contributed by atoms with E-state index in [0.717, 1.165) is 33.4 Å². The molecule has 22 heteroatoms. The number of rotatable bonds is 23. The van der Waals surface area contributed by atoms with Crippen LogP contribution in [0.4, 0.5) is 4.39 Å². The lowest BCUT2D eigenvalue weighted by molar-refractivity contribution is -0.172. The number of cyclic esters (lactones) is 1. The molecule has 1 fully saturated rings. The first-order chi connectivity index (χ1) is 37.9. The summed E-state index contributed by atoms with van der Waals surface area (Å²) in [4.78, 5) is 130. The number of pyridine rings is 1. The number of aromatic nitrogens is 1. The minimum atomic E-state index is -2.02. The van der Waals surface area contributed by atoms with Crippen LogP contribution in [0.5, 0.6) is 0 Å². The summed E-state index contributed by atoms with van der Waals surface area (Å²) in [5, 5.41) is 28.8. The van der Waals surface area contributed by atoms with Gasteiger partial charge >= 0.3 is 5.97 Å². The fourth-order valence-electron chi connectivity index (χ4n) is 11.2. The first-order valence-corrected chi connectivity index (χ1v) is 26.7. The Morgan fingerprint density at radius 3 is 2.28 bits per heavy atom. The summed E-state index contributed by atoms with van der Waals surface area (Å²) in [7, 11) is 0. The van der Waals surface area contributed by atoms with Gasteiger partial charge in [-0.25, -0.2) is 9.18 Å². The number of hydrogen-bond acceptors (Lipinski definition) is 13. The summed E-state index contributed by atoms with van der Waals surface area (Å²) in [5.41, 5.74) is 1.70. The Hall–Kier alpha value is -8.11. The van der Waals surface area contributed by atoms with Crippen LogP contribution >= 0.6 is 0 Å². The molecule has 1 aromatic heterocycles. The number of nitrogens with zero attached hydrogens (tertiary/aromatic N) is 2. The number of aliphatic hydroxyl groups is 1. The number of ether oxygens (including phenoxy) is 2. The molecule has 0 bridgehead atoms. The van der Waals surface area contributed by atoms with E-state index in [1.54, 1.807) is 54.8 Å². The molecule has 1 saturated carbocycles. The number of hydrogen-bond donors (Lipinski definition) is 7. The van der Waals surface area contributed by atoms with Gasteiger partial charge in [-0.3, -0.25) is 48.1 Å². The van der Waals surface area contributed by atoms with Crippen LogP contribution in [0, 0.1) is 18.2 Å². The zero-order valence-corrected chi connectivity index (χ0v) is 44.0. The molecule has 0 spiro atoms. The maximum Gasteiger partial charge on any atom is 0.343 e. The van der Waals surface area contributed by atoms with Gasteiger partial charge in [0, 0.05) is 42.7 Å². The summed E-state index contributed by atoms with van der Waals surface area (Å²) in [6.45, 7) is 1.77. The molecule has 79 heavy (non-hydrogen) atoms. The minimum Gasteiger partial charge on any atom is -0.458 e. The second-order valence-corrected chi connectivity index (χ2v) is 20.8. The van der Waals surface area contributed by atoms with Crippen molar-refractivity contribution in [2.24, 2.45) is 5.41 Å². The van der Waals surface area contributed by atoms with Gasteiger partial charge in [0.2, 0.25) is 35.4 Å². The number of halogens is 1. The highest BCUT2D eigenvalue weighted by molar-refractivity contribution is 6.12. The smallest absolute Gasteiger partial charge is 0.343 e. The summed E-state index contributed by atoms with van der Waals surface area (Å²) in [6.07, 6.45) is 6.84. The Bertz CT molecular complexity index is 3250. The molecule has 0 radical (unpaired) electrons. The first-order valence-electron chi connectivity index (χ1n) is 26.7. The molecule has 0 saturated heterocycles. The molecule has 2 aliphatic carbocycles. The molecule has 0 unspecified atom stereocenters. The molecule has 9 rings (SSSR count). The van der Waals surface area contributed by atoms with Crippen molar-refractivity contribution >= 4 is 64.0 Å². The Kier molecular flexibility index (Phi) is 16.5. The highest BCUT2D eigenvalue weighted by Crippen LogP contribution is 2.49. The number of carbonyl (C=O) groups excluding carboxylic acids is 9. The van der Waals surface area contributed by atoms with Crippen LogP contribution in [-0.2, 0) is 84.2 Å². The molecule has 3 atom stereocenters. The van der Waals surface area contributed by atoms with Crippen molar-refractivity contribution in [1.82, 2.24) is 41.4 Å². The van der Waals surface area contributed by atoms with Gasteiger partial charge in [0.1, 0.15) is 25.2 Å². The van der Waals surface area contributed by atoms with Crippen molar-refractivity contribution in [3.63, 3.8) is 0 Å². The van der Waals surface area contributed by atoms with Gasteiger partial charge in [0.05, 0.1) is 55.5 Å². The lowest BCUT2D eigenvalue weighted by Crippen LogP contribution is -2.52. The Balaban J connectivity index is 0.761. The number of carbonyl (C=O) groups is 9. The van der Waals surface area contributed by atoms with E-state index in [2.05, 4.69) is 31.9 Å². The third kappa shape index (κ3) is 11.6. The van der Waals surface area contributed by atoms with Crippen molar-refractivity contribution in [3.05, 3.63) is 116 Å². The Labute approximate surface area is 453 Å². The number of fused-ring (bicyclic) bond motifs is 5. The van der Waals surface area contributed by atoms with E-state index < -0.39 is 83.8 Å². The van der Waals surface area contributed by atoms with Crippen molar-refractivity contribution < 1.29 is 62.1 Å². The largest absolute Gasteiger partial charge is 0.458 e. The van der Waals surface area contributed by atoms with E-state index in [0.29, 0.717) is 72.7 Å². The van der Waals surface area contributed by atoms with Crippen molar-refractivity contribution in [3.8, 4) is 11.3 Å².